The third-order valence-corrected chi connectivity index (χ3v) is 5.54. The molecule has 2 heterocycles. The molecule has 2 aromatic rings. The van der Waals surface area contributed by atoms with Crippen molar-refractivity contribution in [2.45, 2.75) is 11.4 Å². The molecular weight excluding hydrogens is 364 g/mol. The van der Waals surface area contributed by atoms with Crippen LogP contribution < -0.4 is 4.80 Å². The van der Waals surface area contributed by atoms with Crippen molar-refractivity contribution >= 4 is 37.3 Å². The maximum atomic E-state index is 12.2. The molecule has 130 valence electrons. The van der Waals surface area contributed by atoms with Gasteiger partial charge in [0.2, 0.25) is 5.76 Å². The van der Waals surface area contributed by atoms with Crippen molar-refractivity contribution < 1.29 is 22.7 Å². The van der Waals surface area contributed by atoms with E-state index in [2.05, 4.69) is 10.9 Å². The van der Waals surface area contributed by atoms with Crippen LogP contribution in [0.25, 0.3) is 10.2 Å². The Balaban J connectivity index is 2.15. The number of rotatable bonds is 3. The van der Waals surface area contributed by atoms with Gasteiger partial charge in [-0.1, -0.05) is 17.3 Å². The highest BCUT2D eigenvalue weighted by Gasteiger charge is 2.16. The van der Waals surface area contributed by atoms with Gasteiger partial charge in [0, 0.05) is 6.26 Å². The van der Waals surface area contributed by atoms with Crippen LogP contribution in [-0.2, 0) is 30.7 Å². The highest BCUT2D eigenvalue weighted by atomic mass is 32.2. The van der Waals surface area contributed by atoms with E-state index in [0.29, 0.717) is 21.6 Å². The van der Waals surface area contributed by atoms with Gasteiger partial charge in [0.1, 0.15) is 19.5 Å². The van der Waals surface area contributed by atoms with Gasteiger partial charge in [0.25, 0.3) is 0 Å². The van der Waals surface area contributed by atoms with Crippen LogP contribution in [0.5, 0.6) is 0 Å². The summed E-state index contributed by atoms with van der Waals surface area (Å²) in [7, 11) is -3.34. The maximum Gasteiger partial charge on any atom is 0.317 e. The molecule has 0 bridgehead atoms. The van der Waals surface area contributed by atoms with Crippen molar-refractivity contribution in [3.63, 3.8) is 0 Å². The first-order valence-corrected chi connectivity index (χ1v) is 9.91. The zero-order valence-corrected chi connectivity index (χ0v) is 14.9. The highest BCUT2D eigenvalue weighted by molar-refractivity contribution is 7.90. The van der Waals surface area contributed by atoms with Gasteiger partial charge >= 0.3 is 5.91 Å². The summed E-state index contributed by atoms with van der Waals surface area (Å²) < 4.78 is 36.1. The second kappa shape index (κ2) is 6.74. The lowest BCUT2D eigenvalue weighted by Crippen LogP contribution is -2.19. The summed E-state index contributed by atoms with van der Waals surface area (Å²) in [6.07, 6.45) is 7.78. The molecule has 1 amide bonds. The molecule has 1 aliphatic rings. The van der Waals surface area contributed by atoms with Gasteiger partial charge in [-0.3, -0.25) is 4.79 Å². The van der Waals surface area contributed by atoms with Crippen LogP contribution in [0.15, 0.2) is 40.1 Å². The van der Waals surface area contributed by atoms with Crippen LogP contribution >= 0.6 is 11.3 Å². The maximum absolute atomic E-state index is 12.2. The number of amides is 1. The van der Waals surface area contributed by atoms with E-state index in [0.717, 1.165) is 6.26 Å². The van der Waals surface area contributed by atoms with E-state index in [1.54, 1.807) is 16.7 Å². The minimum absolute atomic E-state index is 0.0211. The Morgan fingerprint density at radius 1 is 1.44 bits per heavy atom. The number of carbonyl (C=O) groups excluding carboxylic acids is 1. The van der Waals surface area contributed by atoms with Gasteiger partial charge in [-0.15, -0.1) is 6.42 Å². The molecule has 1 aliphatic heterocycles. The summed E-state index contributed by atoms with van der Waals surface area (Å²) in [5.41, 5.74) is 0.705. The van der Waals surface area contributed by atoms with Crippen LogP contribution in [0.1, 0.15) is 0 Å². The standard InChI is InChI=1S/C16H14N2O5S2/c1-3-6-18-12-5-4-11(25(2,20)21)9-14(12)24-16(18)17-15(19)13-10-22-7-8-23-13/h1,4-5,9-10H,6-8H2,2H3. The van der Waals surface area contributed by atoms with Crippen molar-refractivity contribution in [1.82, 2.24) is 4.57 Å². The van der Waals surface area contributed by atoms with E-state index in [-0.39, 0.29) is 23.8 Å². The predicted molar refractivity (Wildman–Crippen MR) is 92.3 cm³/mol. The number of benzene rings is 1. The molecule has 0 aliphatic carbocycles. The molecule has 7 nitrogen and oxygen atoms in total. The Kier molecular flexibility index (Phi) is 4.65. The van der Waals surface area contributed by atoms with Crippen molar-refractivity contribution in [1.29, 1.82) is 0 Å². The molecule has 0 fully saturated rings. The number of hydrogen-bond donors (Lipinski definition) is 0. The number of fused-ring (bicyclic) bond motifs is 1. The fraction of sp³-hybridized carbons (Fsp3) is 0.250. The highest BCUT2D eigenvalue weighted by Crippen LogP contribution is 2.22. The van der Waals surface area contributed by atoms with E-state index >= 15 is 0 Å². The zero-order valence-electron chi connectivity index (χ0n) is 13.3. The van der Waals surface area contributed by atoms with Crippen LogP contribution in [-0.4, -0.2) is 38.4 Å². The molecule has 25 heavy (non-hydrogen) atoms. The minimum atomic E-state index is -3.34. The first kappa shape index (κ1) is 17.3. The number of sulfone groups is 1. The molecular formula is C16H14N2O5S2. The number of nitrogens with zero attached hydrogens (tertiary/aromatic N) is 2. The number of ether oxygens (including phenoxy) is 2. The van der Waals surface area contributed by atoms with Gasteiger partial charge < -0.3 is 14.0 Å². The monoisotopic (exact) mass is 378 g/mol. The van der Waals surface area contributed by atoms with Gasteiger partial charge in [-0.2, -0.15) is 4.99 Å². The smallest absolute Gasteiger partial charge is 0.317 e. The van der Waals surface area contributed by atoms with Gasteiger partial charge in [-0.25, -0.2) is 8.42 Å². The largest absolute Gasteiger partial charge is 0.494 e. The SMILES string of the molecule is C#CCn1c(=NC(=O)C2=COCCO2)sc2cc(S(C)(=O)=O)ccc21. The summed E-state index contributed by atoms with van der Waals surface area (Å²) in [6.45, 7) is 0.855. The Morgan fingerprint density at radius 3 is 2.88 bits per heavy atom. The summed E-state index contributed by atoms with van der Waals surface area (Å²) in [4.78, 5) is 16.8. The number of terminal acetylenes is 1. The second-order valence-corrected chi connectivity index (χ2v) is 8.22. The molecule has 0 atom stereocenters. The number of aromatic nitrogens is 1. The fourth-order valence-electron chi connectivity index (χ4n) is 2.24. The Bertz CT molecular complexity index is 1080. The lowest BCUT2D eigenvalue weighted by Gasteiger charge is -2.12. The van der Waals surface area contributed by atoms with Crippen molar-refractivity contribution in [3.05, 3.63) is 35.0 Å². The summed E-state index contributed by atoms with van der Waals surface area (Å²) in [5.74, 6) is 1.95. The lowest BCUT2D eigenvalue weighted by atomic mass is 10.3. The molecule has 3 rings (SSSR count). The van der Waals surface area contributed by atoms with Crippen LogP contribution in [0, 0.1) is 12.3 Å². The average molecular weight is 378 g/mol. The average Bonchev–Trinajstić information content (AvgIpc) is 2.92. The minimum Gasteiger partial charge on any atom is -0.494 e. The summed E-state index contributed by atoms with van der Waals surface area (Å²) >= 11 is 1.18. The quantitative estimate of drug-likeness (QED) is 0.745. The molecule has 0 radical (unpaired) electrons. The molecule has 9 heteroatoms. The van der Waals surface area contributed by atoms with E-state index in [1.165, 1.54) is 23.7 Å². The number of carbonyl (C=O) groups is 1. The van der Waals surface area contributed by atoms with E-state index < -0.39 is 15.7 Å². The predicted octanol–water partition coefficient (Wildman–Crippen LogP) is 1.05. The molecule has 0 saturated heterocycles. The van der Waals surface area contributed by atoms with Gasteiger partial charge in [-0.05, 0) is 18.2 Å². The molecule has 0 spiro atoms. The summed E-state index contributed by atoms with van der Waals surface area (Å²) in [6, 6.07) is 4.71. The van der Waals surface area contributed by atoms with Gasteiger partial charge in [0.15, 0.2) is 14.6 Å². The Labute approximate surface area is 148 Å². The molecule has 1 aromatic carbocycles. The van der Waals surface area contributed by atoms with E-state index in [4.69, 9.17) is 15.9 Å². The molecule has 1 aromatic heterocycles. The van der Waals surface area contributed by atoms with Crippen LogP contribution in [0.4, 0.5) is 0 Å². The van der Waals surface area contributed by atoms with Crippen molar-refractivity contribution in [2.75, 3.05) is 19.5 Å². The van der Waals surface area contributed by atoms with E-state index in [9.17, 15) is 13.2 Å². The molecule has 0 unspecified atom stereocenters. The Hall–Kier alpha value is -2.57. The first-order chi connectivity index (χ1) is 11.9. The normalized spacial score (nSPS) is 15.2. The summed E-state index contributed by atoms with van der Waals surface area (Å²) in [5, 5.41) is 0. The Morgan fingerprint density at radius 2 is 2.24 bits per heavy atom. The van der Waals surface area contributed by atoms with E-state index in [1.807, 2.05) is 0 Å². The first-order valence-electron chi connectivity index (χ1n) is 7.20. The second-order valence-electron chi connectivity index (χ2n) is 5.19. The zero-order chi connectivity index (χ0) is 18.0. The number of hydrogen-bond acceptors (Lipinski definition) is 6. The topological polar surface area (TPSA) is 87.0 Å². The van der Waals surface area contributed by atoms with Crippen LogP contribution in [0.3, 0.4) is 0 Å². The van der Waals surface area contributed by atoms with Gasteiger partial charge in [0.05, 0.1) is 21.7 Å². The van der Waals surface area contributed by atoms with Crippen molar-refractivity contribution in [2.24, 2.45) is 4.99 Å². The fourth-order valence-corrected chi connectivity index (χ4v) is 4.02. The number of thiazole rings is 1. The molecule has 0 saturated carbocycles. The third-order valence-electron chi connectivity index (χ3n) is 3.39. The molecule has 0 N–H and O–H groups in total. The van der Waals surface area contributed by atoms with Crippen LogP contribution in [0.2, 0.25) is 0 Å². The third kappa shape index (κ3) is 3.60. The lowest BCUT2D eigenvalue weighted by molar-refractivity contribution is -0.119. The van der Waals surface area contributed by atoms with Crippen molar-refractivity contribution in [3.8, 4) is 12.3 Å².